The molecule has 0 radical (unpaired) electrons. The number of ether oxygens (including phenoxy) is 3. The first-order valence-electron chi connectivity index (χ1n) is 35.0. The molecule has 0 fully saturated rings. The normalized spacial score (nSPS) is 12.9. The third kappa shape index (κ3) is 68.5. The second-order valence-corrected chi connectivity index (χ2v) is 23.0. The predicted molar refractivity (Wildman–Crippen MR) is 362 cm³/mol. The van der Waals surface area contributed by atoms with E-state index in [1.165, 1.54) is 154 Å². The molecule has 0 aromatic rings. The Labute approximate surface area is 513 Å². The summed E-state index contributed by atoms with van der Waals surface area (Å²) in [7, 11) is 0. The number of allylic oxidation sites excluding steroid dienone is 20. The maximum absolute atomic E-state index is 12.9. The van der Waals surface area contributed by atoms with Crippen LogP contribution in [0, 0.1) is 0 Å². The van der Waals surface area contributed by atoms with E-state index in [0.29, 0.717) is 19.3 Å². The third-order valence-electron chi connectivity index (χ3n) is 15.0. The lowest BCUT2D eigenvalue weighted by Gasteiger charge is -2.18. The number of carbonyl (C=O) groups excluding carboxylic acids is 3. The highest BCUT2D eigenvalue weighted by atomic mass is 16.6. The SMILES string of the molecule is CC/C=C\C/C=C\C/C=C\C/C=C\C/C=C\CCCCCCCC(=O)OC(COC(=O)CCC/C=C\C/C=C\C/C=C\C/C=C\C/C=C\CC)COC(=O)CCCCCCCCCCCCCCCCCCCCCCCCCCCCC. The van der Waals surface area contributed by atoms with Crippen LogP contribution in [0.2, 0.25) is 0 Å². The zero-order valence-corrected chi connectivity index (χ0v) is 54.4. The van der Waals surface area contributed by atoms with Gasteiger partial charge in [0.1, 0.15) is 13.2 Å². The summed E-state index contributed by atoms with van der Waals surface area (Å²) < 4.78 is 16.9. The molecule has 0 aromatic carbocycles. The fraction of sp³-hybridized carbons (Fsp3) is 0.701. The minimum Gasteiger partial charge on any atom is -0.462 e. The van der Waals surface area contributed by atoms with Crippen molar-refractivity contribution in [2.45, 2.75) is 335 Å². The van der Waals surface area contributed by atoms with Gasteiger partial charge in [-0.3, -0.25) is 14.4 Å². The molecule has 474 valence electrons. The van der Waals surface area contributed by atoms with Gasteiger partial charge in [0.15, 0.2) is 6.10 Å². The lowest BCUT2D eigenvalue weighted by molar-refractivity contribution is -0.167. The van der Waals surface area contributed by atoms with Crippen LogP contribution in [0.1, 0.15) is 329 Å². The molecule has 0 saturated heterocycles. The van der Waals surface area contributed by atoms with Gasteiger partial charge in [0.25, 0.3) is 0 Å². The van der Waals surface area contributed by atoms with E-state index in [-0.39, 0.29) is 37.5 Å². The van der Waals surface area contributed by atoms with Gasteiger partial charge in [-0.25, -0.2) is 0 Å². The molecule has 6 heteroatoms. The molecule has 0 bridgehead atoms. The summed E-state index contributed by atoms with van der Waals surface area (Å²) in [5.41, 5.74) is 0. The molecule has 0 aliphatic rings. The van der Waals surface area contributed by atoms with E-state index in [0.717, 1.165) is 128 Å². The van der Waals surface area contributed by atoms with Crippen molar-refractivity contribution in [3.63, 3.8) is 0 Å². The summed E-state index contributed by atoms with van der Waals surface area (Å²) in [5.74, 6) is -0.974. The van der Waals surface area contributed by atoms with E-state index in [4.69, 9.17) is 14.2 Å². The molecule has 0 aliphatic heterocycles. The number of hydrogen-bond acceptors (Lipinski definition) is 6. The van der Waals surface area contributed by atoms with Crippen molar-refractivity contribution < 1.29 is 28.6 Å². The van der Waals surface area contributed by atoms with Crippen LogP contribution in [0.5, 0.6) is 0 Å². The third-order valence-corrected chi connectivity index (χ3v) is 15.0. The first-order chi connectivity index (χ1) is 41.0. The molecule has 0 aliphatic carbocycles. The maximum Gasteiger partial charge on any atom is 0.306 e. The smallest absolute Gasteiger partial charge is 0.306 e. The molecule has 0 N–H and O–H groups in total. The van der Waals surface area contributed by atoms with Crippen LogP contribution < -0.4 is 0 Å². The molecule has 0 heterocycles. The quantitative estimate of drug-likeness (QED) is 0.0261. The Morgan fingerprint density at radius 3 is 0.783 bits per heavy atom. The molecular weight excluding hydrogens is 1020 g/mol. The van der Waals surface area contributed by atoms with Crippen LogP contribution in [0.4, 0.5) is 0 Å². The predicted octanol–water partition coefficient (Wildman–Crippen LogP) is 24.3. The highest BCUT2D eigenvalue weighted by molar-refractivity contribution is 5.71. The van der Waals surface area contributed by atoms with Gasteiger partial charge in [-0.1, -0.05) is 328 Å². The van der Waals surface area contributed by atoms with Crippen molar-refractivity contribution in [2.24, 2.45) is 0 Å². The van der Waals surface area contributed by atoms with E-state index in [1.807, 2.05) is 0 Å². The monoisotopic (exact) mass is 1150 g/mol. The molecule has 0 saturated carbocycles. The molecule has 0 spiro atoms. The van der Waals surface area contributed by atoms with E-state index in [1.54, 1.807) is 0 Å². The highest BCUT2D eigenvalue weighted by Crippen LogP contribution is 2.17. The summed E-state index contributed by atoms with van der Waals surface area (Å²) >= 11 is 0. The van der Waals surface area contributed by atoms with Crippen LogP contribution in [-0.4, -0.2) is 37.2 Å². The number of hydrogen-bond donors (Lipinski definition) is 0. The van der Waals surface area contributed by atoms with Crippen LogP contribution >= 0.6 is 0 Å². The summed E-state index contributed by atoms with van der Waals surface area (Å²) in [4.78, 5) is 38.4. The summed E-state index contributed by atoms with van der Waals surface area (Å²) in [6.07, 6.45) is 98.1. The Morgan fingerprint density at radius 1 is 0.253 bits per heavy atom. The highest BCUT2D eigenvalue weighted by Gasteiger charge is 2.19. The molecule has 83 heavy (non-hydrogen) atoms. The first-order valence-corrected chi connectivity index (χ1v) is 35.0. The van der Waals surface area contributed by atoms with Gasteiger partial charge in [-0.2, -0.15) is 0 Å². The fourth-order valence-corrected chi connectivity index (χ4v) is 9.80. The Bertz CT molecular complexity index is 1700. The summed E-state index contributed by atoms with van der Waals surface area (Å²) in [5, 5.41) is 0. The molecular formula is C77H130O6. The Kier molecular flexibility index (Phi) is 66.7. The Morgan fingerprint density at radius 2 is 0.482 bits per heavy atom. The topological polar surface area (TPSA) is 78.9 Å². The fourth-order valence-electron chi connectivity index (χ4n) is 9.80. The minimum absolute atomic E-state index is 0.104. The minimum atomic E-state index is -0.816. The standard InChI is InChI=1S/C77H130O6/c1-4-7-10-13-16-19-22-25-28-31-33-35-36-37-38-39-40-42-43-46-49-52-55-58-61-64-67-70-76(79)82-73-74(72-81-75(78)69-66-63-60-57-54-51-48-45-30-27-24-21-18-15-12-9-6-3)83-77(80)71-68-65-62-59-56-53-50-47-44-41-34-32-29-26-23-20-17-14-11-8-5-2/h8-9,11-12,17-18,20-21,26-27,29-30,34,41,47-48,50-51,57,60,74H,4-7,10,13-16,19,22-25,28,31-33,35-40,42-46,49,52-56,58-59,61-73H2,1-3H3/b11-8-,12-9-,20-17-,21-18-,29-26-,30-27-,41-34-,50-47-,51-48-,60-57-. The number of esters is 3. The van der Waals surface area contributed by atoms with Crippen LogP contribution in [0.15, 0.2) is 122 Å². The number of unbranched alkanes of at least 4 members (excludes halogenated alkanes) is 32. The van der Waals surface area contributed by atoms with Crippen molar-refractivity contribution in [3.8, 4) is 0 Å². The molecule has 1 unspecified atom stereocenters. The van der Waals surface area contributed by atoms with E-state index in [2.05, 4.69) is 142 Å². The maximum atomic E-state index is 12.9. The second kappa shape index (κ2) is 70.3. The van der Waals surface area contributed by atoms with Crippen LogP contribution in [-0.2, 0) is 28.6 Å². The van der Waals surface area contributed by atoms with Crippen molar-refractivity contribution >= 4 is 17.9 Å². The largest absolute Gasteiger partial charge is 0.462 e. The number of rotatable bonds is 63. The van der Waals surface area contributed by atoms with Gasteiger partial charge in [0.05, 0.1) is 0 Å². The van der Waals surface area contributed by atoms with E-state index < -0.39 is 6.10 Å². The Hall–Kier alpha value is -4.19. The lowest BCUT2D eigenvalue weighted by Crippen LogP contribution is -2.30. The van der Waals surface area contributed by atoms with E-state index >= 15 is 0 Å². The van der Waals surface area contributed by atoms with Gasteiger partial charge in [-0.05, 0) is 103 Å². The molecule has 0 rings (SSSR count). The van der Waals surface area contributed by atoms with Gasteiger partial charge < -0.3 is 14.2 Å². The van der Waals surface area contributed by atoms with Gasteiger partial charge >= 0.3 is 17.9 Å². The second-order valence-electron chi connectivity index (χ2n) is 23.0. The zero-order chi connectivity index (χ0) is 59.9. The van der Waals surface area contributed by atoms with Crippen molar-refractivity contribution in [2.75, 3.05) is 13.2 Å². The van der Waals surface area contributed by atoms with Crippen molar-refractivity contribution in [1.82, 2.24) is 0 Å². The first kappa shape index (κ1) is 78.8. The molecule has 0 amide bonds. The van der Waals surface area contributed by atoms with Crippen molar-refractivity contribution in [3.05, 3.63) is 122 Å². The average molecular weight is 1150 g/mol. The summed E-state index contributed by atoms with van der Waals surface area (Å²) in [6, 6.07) is 0. The lowest BCUT2D eigenvalue weighted by atomic mass is 10.0. The van der Waals surface area contributed by atoms with Crippen LogP contribution in [0.3, 0.4) is 0 Å². The average Bonchev–Trinajstić information content (AvgIpc) is 3.50. The Balaban J connectivity index is 4.39. The molecule has 0 aromatic heterocycles. The van der Waals surface area contributed by atoms with E-state index in [9.17, 15) is 14.4 Å². The zero-order valence-electron chi connectivity index (χ0n) is 54.4. The van der Waals surface area contributed by atoms with Crippen molar-refractivity contribution in [1.29, 1.82) is 0 Å². The molecule has 6 nitrogen and oxygen atoms in total. The van der Waals surface area contributed by atoms with Gasteiger partial charge in [0.2, 0.25) is 0 Å². The summed E-state index contributed by atoms with van der Waals surface area (Å²) in [6.45, 7) is 6.39. The molecule has 1 atom stereocenters. The number of carbonyl (C=O) groups is 3. The van der Waals surface area contributed by atoms with Gasteiger partial charge in [-0.15, -0.1) is 0 Å². The van der Waals surface area contributed by atoms with Gasteiger partial charge in [0, 0.05) is 19.3 Å². The van der Waals surface area contributed by atoms with Crippen LogP contribution in [0.25, 0.3) is 0 Å².